The van der Waals surface area contributed by atoms with Crippen LogP contribution >= 0.6 is 11.8 Å². The average molecular weight is 639 g/mol. The average Bonchev–Trinajstić information content (AvgIpc) is 3.60. The Hall–Kier alpha value is -5.28. The minimum Gasteiger partial charge on any atom is -0.493 e. The van der Waals surface area contributed by atoms with Gasteiger partial charge in [0.2, 0.25) is 11.8 Å². The number of aromatic nitrogens is 4. The molecule has 11 nitrogen and oxygen atoms in total. The molecule has 0 radical (unpaired) electrons. The number of ether oxygens (including phenoxy) is 1. The fourth-order valence-electron chi connectivity index (χ4n) is 5.40. The van der Waals surface area contributed by atoms with Gasteiger partial charge in [-0.15, -0.1) is 0 Å². The molecule has 46 heavy (non-hydrogen) atoms. The number of rotatable bonds is 13. The van der Waals surface area contributed by atoms with E-state index in [1.54, 1.807) is 24.7 Å². The van der Waals surface area contributed by atoms with Crippen LogP contribution in [0.3, 0.4) is 0 Å². The van der Waals surface area contributed by atoms with Crippen LogP contribution in [0.4, 0.5) is 0 Å². The minimum atomic E-state index is -0.857. The normalized spacial score (nSPS) is 11.7. The van der Waals surface area contributed by atoms with Gasteiger partial charge in [0.15, 0.2) is 0 Å². The van der Waals surface area contributed by atoms with Crippen molar-refractivity contribution in [2.45, 2.75) is 38.5 Å². The van der Waals surface area contributed by atoms with Crippen LogP contribution in [0.25, 0.3) is 10.8 Å². The summed E-state index contributed by atoms with van der Waals surface area (Å²) in [5.41, 5.74) is 2.62. The molecule has 0 bridgehead atoms. The summed E-state index contributed by atoms with van der Waals surface area (Å²) in [4.78, 5) is 44.0. The van der Waals surface area contributed by atoms with Gasteiger partial charge in [-0.3, -0.25) is 13.9 Å². The standard InChI is InChI=1S/C34H34N6O5S/c1-45-33(43)29(14-15-46-2)37-31(41)16-30-32(42)40(21-27-18-36-22-38(27)19-24-12-10-23(17-35)11-13-24)34(44)39(30)20-26-8-5-7-25-6-3-4-9-28(25)26/h3-13,18,22,29,42H,14-16,19-21H2,1-2H3,(H,37,41). The topological polar surface area (TPSA) is 144 Å². The molecular weight excluding hydrogens is 604 g/mol. The summed E-state index contributed by atoms with van der Waals surface area (Å²) in [7, 11) is 1.26. The van der Waals surface area contributed by atoms with Crippen molar-refractivity contribution < 1.29 is 19.4 Å². The van der Waals surface area contributed by atoms with E-state index in [4.69, 9.17) is 10.00 Å². The Bertz CT molecular complexity index is 1950. The van der Waals surface area contributed by atoms with E-state index in [0.29, 0.717) is 30.0 Å². The number of hydrogen-bond donors (Lipinski definition) is 2. The summed E-state index contributed by atoms with van der Waals surface area (Å²) in [6.07, 6.45) is 5.20. The van der Waals surface area contributed by atoms with Crippen molar-refractivity contribution in [3.05, 3.63) is 118 Å². The van der Waals surface area contributed by atoms with Crippen molar-refractivity contribution >= 4 is 34.4 Å². The number of esters is 1. The first kappa shape index (κ1) is 32.1. The summed E-state index contributed by atoms with van der Waals surface area (Å²) < 4.78 is 9.37. The maximum Gasteiger partial charge on any atom is 0.331 e. The largest absolute Gasteiger partial charge is 0.493 e. The number of benzene rings is 3. The van der Waals surface area contributed by atoms with Crippen molar-refractivity contribution in [2.24, 2.45) is 0 Å². The van der Waals surface area contributed by atoms with E-state index in [2.05, 4.69) is 16.4 Å². The van der Waals surface area contributed by atoms with Crippen LogP contribution in [0.1, 0.15) is 34.5 Å². The number of nitrogens with one attached hydrogen (secondary N) is 1. The number of imidazole rings is 2. The van der Waals surface area contributed by atoms with Crippen LogP contribution in [-0.4, -0.2) is 60.8 Å². The number of amides is 1. The minimum absolute atomic E-state index is 0.00336. The highest BCUT2D eigenvalue weighted by molar-refractivity contribution is 7.98. The zero-order valence-electron chi connectivity index (χ0n) is 25.6. The molecule has 1 amide bonds. The molecule has 1 unspecified atom stereocenters. The number of carbonyl (C=O) groups is 2. The number of nitrogens with zero attached hydrogens (tertiary/aromatic N) is 5. The molecule has 3 aromatic carbocycles. The second kappa shape index (κ2) is 14.7. The molecule has 0 spiro atoms. The Morgan fingerprint density at radius 1 is 1.04 bits per heavy atom. The third kappa shape index (κ3) is 7.16. The fourth-order valence-corrected chi connectivity index (χ4v) is 5.87. The Morgan fingerprint density at radius 3 is 2.54 bits per heavy atom. The quantitative estimate of drug-likeness (QED) is 0.186. The van der Waals surface area contributed by atoms with E-state index in [-0.39, 0.29) is 31.1 Å². The molecular formula is C34H34N6O5S. The first-order chi connectivity index (χ1) is 22.3. The Balaban J connectivity index is 1.49. The number of aromatic hydroxyl groups is 1. The van der Waals surface area contributed by atoms with Gasteiger partial charge >= 0.3 is 11.7 Å². The maximum absolute atomic E-state index is 14.0. The second-order valence-electron chi connectivity index (χ2n) is 10.8. The number of nitriles is 1. The lowest BCUT2D eigenvalue weighted by Crippen LogP contribution is -2.43. The van der Waals surface area contributed by atoms with Gasteiger partial charge in [-0.1, -0.05) is 54.6 Å². The van der Waals surface area contributed by atoms with Crippen LogP contribution < -0.4 is 11.0 Å². The monoisotopic (exact) mass is 638 g/mol. The number of thioether (sulfide) groups is 1. The number of hydrogen-bond acceptors (Lipinski definition) is 8. The van der Waals surface area contributed by atoms with E-state index in [1.165, 1.54) is 28.0 Å². The maximum atomic E-state index is 14.0. The van der Waals surface area contributed by atoms with Gasteiger partial charge in [0.1, 0.15) is 6.04 Å². The summed E-state index contributed by atoms with van der Waals surface area (Å²) in [5, 5.41) is 25.3. The summed E-state index contributed by atoms with van der Waals surface area (Å²) in [5.74, 6) is -0.802. The van der Waals surface area contributed by atoms with Crippen LogP contribution in [-0.2, 0) is 40.4 Å². The molecule has 12 heteroatoms. The van der Waals surface area contributed by atoms with Crippen molar-refractivity contribution in [3.63, 3.8) is 0 Å². The molecule has 5 rings (SSSR count). The van der Waals surface area contributed by atoms with E-state index in [1.807, 2.05) is 65.4 Å². The lowest BCUT2D eigenvalue weighted by atomic mass is 10.0. The van der Waals surface area contributed by atoms with Crippen LogP contribution in [0, 0.1) is 11.3 Å². The summed E-state index contributed by atoms with van der Waals surface area (Å²) >= 11 is 1.54. The predicted molar refractivity (Wildman–Crippen MR) is 176 cm³/mol. The third-order valence-electron chi connectivity index (χ3n) is 7.82. The molecule has 2 heterocycles. The Labute approximate surface area is 270 Å². The third-order valence-corrected chi connectivity index (χ3v) is 8.47. The van der Waals surface area contributed by atoms with Crippen LogP contribution in [0.15, 0.2) is 84.0 Å². The number of carbonyl (C=O) groups excluding carboxylic acids is 2. The van der Waals surface area contributed by atoms with Crippen molar-refractivity contribution in [3.8, 4) is 11.9 Å². The van der Waals surface area contributed by atoms with E-state index in [0.717, 1.165) is 21.9 Å². The summed E-state index contributed by atoms with van der Waals surface area (Å²) in [6, 6.07) is 22.0. The lowest BCUT2D eigenvalue weighted by molar-refractivity contribution is -0.145. The predicted octanol–water partition coefficient (Wildman–Crippen LogP) is 3.68. The number of fused-ring (bicyclic) bond motifs is 1. The highest BCUT2D eigenvalue weighted by Crippen LogP contribution is 2.24. The Morgan fingerprint density at radius 2 is 1.80 bits per heavy atom. The van der Waals surface area contributed by atoms with Gasteiger partial charge in [0.25, 0.3) is 0 Å². The lowest BCUT2D eigenvalue weighted by Gasteiger charge is -2.16. The molecule has 1 atom stereocenters. The van der Waals surface area contributed by atoms with Crippen LogP contribution in [0.5, 0.6) is 5.88 Å². The first-order valence-corrected chi connectivity index (χ1v) is 16.0. The van der Waals surface area contributed by atoms with Crippen molar-refractivity contribution in [1.82, 2.24) is 24.0 Å². The molecule has 236 valence electrons. The van der Waals surface area contributed by atoms with E-state index < -0.39 is 23.6 Å². The Kier molecular flexibility index (Phi) is 10.2. The van der Waals surface area contributed by atoms with Gasteiger partial charge < -0.3 is 19.7 Å². The highest BCUT2D eigenvalue weighted by Gasteiger charge is 2.26. The molecule has 0 saturated heterocycles. The van der Waals surface area contributed by atoms with Gasteiger partial charge in [0, 0.05) is 12.7 Å². The molecule has 0 fully saturated rings. The van der Waals surface area contributed by atoms with Gasteiger partial charge in [0.05, 0.1) is 56.0 Å². The smallest absolute Gasteiger partial charge is 0.331 e. The summed E-state index contributed by atoms with van der Waals surface area (Å²) in [6.45, 7) is 0.547. The van der Waals surface area contributed by atoms with Gasteiger partial charge in [-0.2, -0.15) is 17.0 Å². The molecule has 5 aromatic rings. The molecule has 0 aliphatic carbocycles. The van der Waals surface area contributed by atoms with Gasteiger partial charge in [-0.05, 0) is 52.5 Å². The van der Waals surface area contributed by atoms with Crippen molar-refractivity contribution in [1.29, 1.82) is 5.26 Å². The van der Waals surface area contributed by atoms with E-state index in [9.17, 15) is 19.5 Å². The van der Waals surface area contributed by atoms with Crippen LogP contribution in [0.2, 0.25) is 0 Å². The molecule has 2 N–H and O–H groups in total. The zero-order valence-corrected chi connectivity index (χ0v) is 26.4. The molecule has 0 aliphatic rings. The van der Waals surface area contributed by atoms with E-state index >= 15 is 0 Å². The number of methoxy groups -OCH3 is 1. The molecule has 0 aliphatic heterocycles. The molecule has 0 saturated carbocycles. The zero-order chi connectivity index (χ0) is 32.6. The SMILES string of the molecule is COC(=O)C(CCSC)NC(=O)Cc1c(O)n(Cc2cncn2Cc2ccc(C#N)cc2)c(=O)n1Cc1cccc2ccccc12. The second-order valence-corrected chi connectivity index (χ2v) is 11.8. The first-order valence-electron chi connectivity index (χ1n) is 14.6. The fraction of sp³-hybridized carbons (Fsp3) is 0.265. The van der Waals surface area contributed by atoms with Gasteiger partial charge in [-0.25, -0.2) is 14.6 Å². The highest BCUT2D eigenvalue weighted by atomic mass is 32.2. The molecule has 2 aromatic heterocycles. The van der Waals surface area contributed by atoms with Crippen molar-refractivity contribution in [2.75, 3.05) is 19.1 Å².